The number of rotatable bonds is 4. The predicted molar refractivity (Wildman–Crippen MR) is 99.1 cm³/mol. The molecule has 1 aromatic heterocycles. The molecule has 0 saturated carbocycles. The zero-order valence-corrected chi connectivity index (χ0v) is 13.7. The molecule has 0 fully saturated rings. The van der Waals surface area contributed by atoms with E-state index in [-0.39, 0.29) is 0 Å². The molecule has 1 heterocycles. The van der Waals surface area contributed by atoms with Crippen molar-refractivity contribution < 1.29 is 0 Å². The molecule has 0 aliphatic rings. The first-order valence-corrected chi connectivity index (χ1v) is 7.63. The molecule has 0 amide bonds. The molecular formula is C17H18N5S+. The highest BCUT2D eigenvalue weighted by Gasteiger charge is 2.07. The number of hydrogen-bond acceptors (Lipinski definition) is 5. The Bertz CT molecular complexity index is 804. The minimum absolute atomic E-state index is 0.544. The lowest BCUT2D eigenvalue weighted by atomic mass is 10.2. The van der Waals surface area contributed by atoms with Crippen molar-refractivity contribution in [2.45, 2.75) is 4.90 Å². The van der Waals surface area contributed by atoms with Crippen LogP contribution in [-0.2, 0) is 12.6 Å². The van der Waals surface area contributed by atoms with Gasteiger partial charge in [0.05, 0.1) is 0 Å². The number of aromatic nitrogens is 2. The summed E-state index contributed by atoms with van der Waals surface area (Å²) in [5, 5.41) is 3.20. The Balaban J connectivity index is 1.83. The lowest BCUT2D eigenvalue weighted by molar-refractivity contribution is 1.08. The second kappa shape index (κ2) is 6.58. The molecule has 3 aromatic rings. The number of nitrogen functional groups attached to an aromatic ring is 1. The third kappa shape index (κ3) is 3.73. The number of benzene rings is 2. The Labute approximate surface area is 140 Å². The van der Waals surface area contributed by atoms with Crippen LogP contribution in [0.3, 0.4) is 0 Å². The molecule has 0 saturated heterocycles. The van der Waals surface area contributed by atoms with Crippen molar-refractivity contribution in [2.75, 3.05) is 23.0 Å². The van der Waals surface area contributed by atoms with E-state index in [2.05, 4.69) is 27.9 Å². The average Bonchev–Trinajstić information content (AvgIpc) is 2.55. The first kappa shape index (κ1) is 15.2. The SMILES string of the molecule is CN(c1ccc(N)cc1)c1ccnc(Nc2cccc([SH2+])c2)n1. The van der Waals surface area contributed by atoms with Crippen molar-refractivity contribution in [1.82, 2.24) is 9.97 Å². The Kier molecular flexibility index (Phi) is 4.34. The van der Waals surface area contributed by atoms with Crippen LogP contribution in [0.15, 0.2) is 65.7 Å². The third-order valence-corrected chi connectivity index (χ3v) is 3.69. The quantitative estimate of drug-likeness (QED) is 0.570. The van der Waals surface area contributed by atoms with Crippen molar-refractivity contribution in [1.29, 1.82) is 0 Å². The van der Waals surface area contributed by atoms with Gasteiger partial charge in [-0.2, -0.15) is 4.98 Å². The molecule has 2 aromatic carbocycles. The van der Waals surface area contributed by atoms with Gasteiger partial charge >= 0.3 is 0 Å². The summed E-state index contributed by atoms with van der Waals surface area (Å²) < 4.78 is 0. The highest BCUT2D eigenvalue weighted by Crippen LogP contribution is 2.23. The monoisotopic (exact) mass is 324 g/mol. The van der Waals surface area contributed by atoms with E-state index < -0.39 is 0 Å². The smallest absolute Gasteiger partial charge is 0.229 e. The molecule has 0 spiro atoms. The Morgan fingerprint density at radius 1 is 1.09 bits per heavy atom. The molecule has 0 aliphatic heterocycles. The van der Waals surface area contributed by atoms with Crippen LogP contribution in [0.5, 0.6) is 0 Å². The van der Waals surface area contributed by atoms with Crippen molar-refractivity contribution >= 4 is 41.5 Å². The van der Waals surface area contributed by atoms with Gasteiger partial charge in [-0.25, -0.2) is 4.98 Å². The van der Waals surface area contributed by atoms with Crippen LogP contribution < -0.4 is 16.0 Å². The third-order valence-electron chi connectivity index (χ3n) is 3.38. The minimum Gasteiger partial charge on any atom is -0.399 e. The van der Waals surface area contributed by atoms with Gasteiger partial charge in [-0.3, -0.25) is 0 Å². The molecule has 0 radical (unpaired) electrons. The van der Waals surface area contributed by atoms with Crippen LogP contribution >= 0.6 is 0 Å². The van der Waals surface area contributed by atoms with Crippen molar-refractivity contribution in [3.05, 3.63) is 60.8 Å². The van der Waals surface area contributed by atoms with Gasteiger partial charge in [0.2, 0.25) is 5.95 Å². The lowest BCUT2D eigenvalue weighted by Crippen LogP contribution is -2.12. The van der Waals surface area contributed by atoms with Crippen molar-refractivity contribution in [3.63, 3.8) is 0 Å². The van der Waals surface area contributed by atoms with E-state index in [0.29, 0.717) is 5.95 Å². The summed E-state index contributed by atoms with van der Waals surface area (Å²) in [6.45, 7) is 0. The first-order chi connectivity index (χ1) is 11.1. The van der Waals surface area contributed by atoms with Crippen LogP contribution in [-0.4, -0.2) is 17.0 Å². The molecular weight excluding hydrogens is 306 g/mol. The fourth-order valence-electron chi connectivity index (χ4n) is 2.15. The molecule has 0 aliphatic carbocycles. The number of nitrogens with two attached hydrogens (primary N) is 1. The van der Waals surface area contributed by atoms with Crippen LogP contribution in [0.4, 0.5) is 28.8 Å². The molecule has 116 valence electrons. The van der Waals surface area contributed by atoms with Gasteiger partial charge in [0, 0.05) is 36.4 Å². The number of nitrogens with zero attached hydrogens (tertiary/aromatic N) is 3. The van der Waals surface area contributed by atoms with Crippen LogP contribution in [0.25, 0.3) is 0 Å². The maximum absolute atomic E-state index is 5.73. The van der Waals surface area contributed by atoms with Crippen molar-refractivity contribution in [3.8, 4) is 0 Å². The molecule has 6 heteroatoms. The van der Waals surface area contributed by atoms with Gasteiger partial charge in [0.15, 0.2) is 4.90 Å². The molecule has 0 atom stereocenters. The number of hydrogen-bond donors (Lipinski definition) is 2. The van der Waals surface area contributed by atoms with Crippen LogP contribution in [0.1, 0.15) is 0 Å². The second-order valence-corrected chi connectivity index (χ2v) is 5.67. The summed E-state index contributed by atoms with van der Waals surface area (Å²) in [5.74, 6) is 1.34. The zero-order chi connectivity index (χ0) is 16.2. The van der Waals surface area contributed by atoms with Crippen LogP contribution in [0.2, 0.25) is 0 Å². The standard InChI is InChI=1S/C17H17N5S/c1-22(14-7-5-12(18)6-8-14)16-9-10-19-17(21-16)20-13-3-2-4-15(23)11-13/h2-11,23H,18H2,1H3,(H,19,20,21)/p+1. The van der Waals surface area contributed by atoms with Gasteiger partial charge in [0.25, 0.3) is 0 Å². The highest BCUT2D eigenvalue weighted by atomic mass is 32.1. The van der Waals surface area contributed by atoms with E-state index in [9.17, 15) is 0 Å². The van der Waals surface area contributed by atoms with E-state index >= 15 is 0 Å². The van der Waals surface area contributed by atoms with E-state index in [0.717, 1.165) is 27.8 Å². The average molecular weight is 324 g/mol. The van der Waals surface area contributed by atoms with Gasteiger partial charge in [-0.1, -0.05) is 6.07 Å². The zero-order valence-electron chi connectivity index (χ0n) is 12.7. The maximum atomic E-state index is 5.73. The lowest BCUT2D eigenvalue weighted by Gasteiger charge is -2.19. The predicted octanol–water partition coefficient (Wildman–Crippen LogP) is 2.94. The fraction of sp³-hybridized carbons (Fsp3) is 0.0588. The molecule has 3 rings (SSSR count). The van der Waals surface area contributed by atoms with Gasteiger partial charge in [-0.15, -0.1) is 0 Å². The van der Waals surface area contributed by atoms with Gasteiger partial charge in [-0.05, 0) is 55.1 Å². The van der Waals surface area contributed by atoms with Gasteiger partial charge < -0.3 is 16.0 Å². The number of nitrogens with one attached hydrogen (secondary N) is 1. The summed E-state index contributed by atoms with van der Waals surface area (Å²) >= 11 is 3.50. The largest absolute Gasteiger partial charge is 0.399 e. The molecule has 23 heavy (non-hydrogen) atoms. The summed E-state index contributed by atoms with van der Waals surface area (Å²) in [7, 11) is 1.95. The Morgan fingerprint density at radius 3 is 2.61 bits per heavy atom. The van der Waals surface area contributed by atoms with E-state index in [1.807, 2.05) is 66.5 Å². The minimum atomic E-state index is 0.544. The van der Waals surface area contributed by atoms with Crippen LogP contribution in [0, 0.1) is 0 Å². The summed E-state index contributed by atoms with van der Waals surface area (Å²) in [6.07, 6.45) is 1.73. The molecule has 3 N–H and O–H groups in total. The Hall–Kier alpha value is -2.73. The van der Waals surface area contributed by atoms with Crippen molar-refractivity contribution in [2.24, 2.45) is 0 Å². The van der Waals surface area contributed by atoms with E-state index in [4.69, 9.17) is 5.73 Å². The van der Waals surface area contributed by atoms with Gasteiger partial charge in [0.1, 0.15) is 5.82 Å². The second-order valence-electron chi connectivity index (χ2n) is 5.09. The normalized spacial score (nSPS) is 10.3. The summed E-state index contributed by atoms with van der Waals surface area (Å²) in [5.41, 5.74) is 8.39. The first-order valence-electron chi connectivity index (χ1n) is 7.13. The maximum Gasteiger partial charge on any atom is 0.229 e. The van der Waals surface area contributed by atoms with E-state index in [1.54, 1.807) is 6.20 Å². The molecule has 0 unspecified atom stereocenters. The molecule has 0 bridgehead atoms. The molecule has 5 nitrogen and oxygen atoms in total. The highest BCUT2D eigenvalue weighted by molar-refractivity contribution is 7.58. The van der Waals surface area contributed by atoms with E-state index in [1.165, 1.54) is 0 Å². The summed E-state index contributed by atoms with van der Waals surface area (Å²) in [6, 6.07) is 17.4. The number of anilines is 5. The topological polar surface area (TPSA) is 67.1 Å². The fourth-order valence-corrected chi connectivity index (χ4v) is 2.40. The summed E-state index contributed by atoms with van der Waals surface area (Å²) in [4.78, 5) is 11.8. The Morgan fingerprint density at radius 2 is 1.87 bits per heavy atom.